The maximum Gasteiger partial charge on any atom is 0.407 e. The number of amides is 1. The fourth-order valence-corrected chi connectivity index (χ4v) is 1.61. The van der Waals surface area contributed by atoms with Gasteiger partial charge in [0.25, 0.3) is 0 Å². The van der Waals surface area contributed by atoms with Gasteiger partial charge in [-0.25, -0.2) is 4.79 Å². The number of alkyl carbamates (subject to hydrolysis) is 1. The van der Waals surface area contributed by atoms with E-state index in [0.29, 0.717) is 6.42 Å². The Morgan fingerprint density at radius 2 is 2.15 bits per heavy atom. The van der Waals surface area contributed by atoms with Gasteiger partial charge >= 0.3 is 6.09 Å². The molecule has 1 unspecified atom stereocenters. The number of hydrogen-bond donors (Lipinski definition) is 2. The van der Waals surface area contributed by atoms with Gasteiger partial charge in [0.15, 0.2) is 0 Å². The molecule has 1 atom stereocenters. The molecule has 1 rings (SSSR count). The fraction of sp³-hybridized carbons (Fsp3) is 0.438. The van der Waals surface area contributed by atoms with Crippen molar-refractivity contribution in [3.63, 3.8) is 0 Å². The number of nitrogens with one attached hydrogen (secondary N) is 1. The van der Waals surface area contributed by atoms with E-state index in [1.807, 2.05) is 45.0 Å². The smallest absolute Gasteiger partial charge is 0.407 e. The van der Waals surface area contributed by atoms with E-state index < -0.39 is 6.09 Å². The third-order valence-electron chi connectivity index (χ3n) is 2.53. The number of hydrogen-bond acceptors (Lipinski definition) is 3. The molecule has 0 spiro atoms. The summed E-state index contributed by atoms with van der Waals surface area (Å²) in [6.45, 7) is 5.57. The van der Waals surface area contributed by atoms with Crippen molar-refractivity contribution in [2.45, 2.75) is 39.3 Å². The second-order valence-electron chi connectivity index (χ2n) is 4.72. The van der Waals surface area contributed by atoms with E-state index in [0.717, 1.165) is 11.1 Å². The minimum atomic E-state index is -0.427. The highest BCUT2D eigenvalue weighted by molar-refractivity contribution is 5.68. The molecule has 1 aromatic rings. The Labute approximate surface area is 120 Å². The van der Waals surface area contributed by atoms with E-state index in [2.05, 4.69) is 17.2 Å². The molecule has 108 valence electrons. The predicted molar refractivity (Wildman–Crippen MR) is 78.2 cm³/mol. The molecule has 0 bridgehead atoms. The van der Waals surface area contributed by atoms with Crippen LogP contribution in [-0.4, -0.2) is 23.9 Å². The number of aliphatic hydroxyl groups excluding tert-OH is 1. The Bertz CT molecular complexity index is 500. The maximum absolute atomic E-state index is 11.5. The second-order valence-corrected chi connectivity index (χ2v) is 4.72. The number of benzene rings is 1. The molecule has 0 aliphatic heterocycles. The first-order valence-electron chi connectivity index (χ1n) is 6.69. The summed E-state index contributed by atoms with van der Waals surface area (Å²) in [6, 6.07) is 7.49. The van der Waals surface area contributed by atoms with Gasteiger partial charge in [0.1, 0.15) is 0 Å². The summed E-state index contributed by atoms with van der Waals surface area (Å²) in [5.74, 6) is 5.84. The first-order valence-corrected chi connectivity index (χ1v) is 6.69. The normalized spacial score (nSPS) is 11.4. The average molecular weight is 275 g/mol. The number of carbonyl (C=O) groups excluding carboxylic acids is 1. The molecule has 1 aromatic carbocycles. The highest BCUT2D eigenvalue weighted by atomic mass is 16.6. The molecule has 0 saturated carbocycles. The summed E-state index contributed by atoms with van der Waals surface area (Å²) in [5.41, 5.74) is 1.82. The summed E-state index contributed by atoms with van der Waals surface area (Å²) < 4.78 is 5.05. The Morgan fingerprint density at radius 3 is 2.80 bits per heavy atom. The number of aliphatic hydroxyl groups is 1. The van der Waals surface area contributed by atoms with Gasteiger partial charge in [-0.15, -0.1) is 0 Å². The third kappa shape index (κ3) is 5.77. The van der Waals surface area contributed by atoms with Crippen LogP contribution in [0.5, 0.6) is 0 Å². The average Bonchev–Trinajstić information content (AvgIpc) is 2.38. The van der Waals surface area contributed by atoms with Gasteiger partial charge in [-0.2, -0.15) is 0 Å². The van der Waals surface area contributed by atoms with Gasteiger partial charge in [0, 0.05) is 12.0 Å². The van der Waals surface area contributed by atoms with Gasteiger partial charge in [-0.3, -0.25) is 0 Å². The number of ether oxygens (including phenoxy) is 1. The molecule has 4 nitrogen and oxygen atoms in total. The van der Waals surface area contributed by atoms with Crippen LogP contribution in [0.3, 0.4) is 0 Å². The van der Waals surface area contributed by atoms with Crippen LogP contribution in [0.2, 0.25) is 0 Å². The summed E-state index contributed by atoms with van der Waals surface area (Å²) in [5, 5.41) is 11.5. The molecule has 0 saturated heterocycles. The predicted octanol–water partition coefficient (Wildman–Crippen LogP) is 2.62. The highest BCUT2D eigenvalue weighted by Gasteiger charge is 2.11. The van der Waals surface area contributed by atoms with Crippen LogP contribution < -0.4 is 5.32 Å². The molecule has 0 radical (unpaired) electrons. The maximum atomic E-state index is 11.5. The van der Waals surface area contributed by atoms with E-state index in [1.54, 1.807) is 0 Å². The summed E-state index contributed by atoms with van der Waals surface area (Å²) in [6.07, 6.45) is -0.110. The third-order valence-corrected chi connectivity index (χ3v) is 2.53. The van der Waals surface area contributed by atoms with Crippen molar-refractivity contribution in [3.8, 4) is 11.8 Å². The van der Waals surface area contributed by atoms with Crippen LogP contribution >= 0.6 is 0 Å². The molecular formula is C16H21NO3. The van der Waals surface area contributed by atoms with Crippen molar-refractivity contribution >= 4 is 6.09 Å². The van der Waals surface area contributed by atoms with Crippen LogP contribution in [0, 0.1) is 11.8 Å². The zero-order valence-electron chi connectivity index (χ0n) is 12.1. The molecule has 4 heteroatoms. The van der Waals surface area contributed by atoms with Crippen LogP contribution in [0.25, 0.3) is 0 Å². The van der Waals surface area contributed by atoms with Crippen LogP contribution in [0.4, 0.5) is 4.79 Å². The summed E-state index contributed by atoms with van der Waals surface area (Å²) in [4.78, 5) is 11.5. The van der Waals surface area contributed by atoms with Gasteiger partial charge in [0.05, 0.1) is 18.8 Å². The van der Waals surface area contributed by atoms with Crippen molar-refractivity contribution in [2.75, 3.05) is 6.61 Å². The summed E-state index contributed by atoms with van der Waals surface area (Å²) >= 11 is 0. The minimum absolute atomic E-state index is 0.0612. The molecule has 0 aliphatic carbocycles. The first kappa shape index (κ1) is 16.1. The van der Waals surface area contributed by atoms with Gasteiger partial charge < -0.3 is 15.2 Å². The topological polar surface area (TPSA) is 58.6 Å². The van der Waals surface area contributed by atoms with Gasteiger partial charge in [0.2, 0.25) is 0 Å². The van der Waals surface area contributed by atoms with Gasteiger partial charge in [-0.1, -0.05) is 24.0 Å². The van der Waals surface area contributed by atoms with Crippen molar-refractivity contribution in [1.29, 1.82) is 0 Å². The van der Waals surface area contributed by atoms with Crippen molar-refractivity contribution in [3.05, 3.63) is 35.4 Å². The SMILES string of the molecule is CC(C)OC(=O)NC(C)c1cccc(C#CCCO)c1. The number of carbonyl (C=O) groups is 1. The zero-order chi connectivity index (χ0) is 15.0. The molecule has 0 aliphatic rings. The lowest BCUT2D eigenvalue weighted by molar-refractivity contribution is 0.113. The molecule has 0 heterocycles. The van der Waals surface area contributed by atoms with E-state index >= 15 is 0 Å². The molecule has 0 fully saturated rings. The lowest BCUT2D eigenvalue weighted by Crippen LogP contribution is -2.29. The van der Waals surface area contributed by atoms with Crippen molar-refractivity contribution in [2.24, 2.45) is 0 Å². The van der Waals surface area contributed by atoms with Crippen LogP contribution in [0.1, 0.15) is 44.4 Å². The highest BCUT2D eigenvalue weighted by Crippen LogP contribution is 2.14. The number of rotatable bonds is 4. The Balaban J connectivity index is 2.69. The minimum Gasteiger partial charge on any atom is -0.447 e. The molecule has 1 amide bonds. The van der Waals surface area contributed by atoms with Crippen LogP contribution in [0.15, 0.2) is 24.3 Å². The van der Waals surface area contributed by atoms with Crippen molar-refractivity contribution in [1.82, 2.24) is 5.32 Å². The second kappa shape index (κ2) is 8.23. The molecule has 20 heavy (non-hydrogen) atoms. The largest absolute Gasteiger partial charge is 0.447 e. The van der Waals surface area contributed by atoms with E-state index in [4.69, 9.17) is 9.84 Å². The Morgan fingerprint density at radius 1 is 1.40 bits per heavy atom. The summed E-state index contributed by atoms with van der Waals surface area (Å²) in [7, 11) is 0. The monoisotopic (exact) mass is 275 g/mol. The molecule has 2 N–H and O–H groups in total. The molecular weight excluding hydrogens is 254 g/mol. The van der Waals surface area contributed by atoms with Crippen LogP contribution in [-0.2, 0) is 4.74 Å². The first-order chi connectivity index (χ1) is 9.52. The van der Waals surface area contributed by atoms with Gasteiger partial charge in [-0.05, 0) is 38.5 Å². The Kier molecular flexibility index (Phi) is 6.61. The Hall–Kier alpha value is -1.99. The quantitative estimate of drug-likeness (QED) is 0.830. The van der Waals surface area contributed by atoms with Crippen molar-refractivity contribution < 1.29 is 14.6 Å². The van der Waals surface area contributed by atoms with E-state index in [-0.39, 0.29) is 18.8 Å². The fourth-order valence-electron chi connectivity index (χ4n) is 1.61. The van der Waals surface area contributed by atoms with E-state index in [9.17, 15) is 4.79 Å². The standard InChI is InChI=1S/C16H21NO3/c1-12(2)20-16(19)17-13(3)15-9-6-8-14(11-15)7-4-5-10-18/h6,8-9,11-13,18H,5,10H2,1-3H3,(H,17,19). The van der Waals surface area contributed by atoms with E-state index in [1.165, 1.54) is 0 Å². The zero-order valence-corrected chi connectivity index (χ0v) is 12.1. The lowest BCUT2D eigenvalue weighted by Gasteiger charge is -2.16. The lowest BCUT2D eigenvalue weighted by atomic mass is 10.1. The molecule has 0 aromatic heterocycles.